The first kappa shape index (κ1) is 21.5. The lowest BCUT2D eigenvalue weighted by Crippen LogP contribution is -2.56. The number of piperazine rings is 1. The van der Waals surface area contributed by atoms with Crippen LogP contribution in [0.2, 0.25) is 0 Å². The quantitative estimate of drug-likeness (QED) is 0.629. The SMILES string of the molecule is C[C@@H](c1cccc(-c2nn[nH]n2)c1)N1C(=O)[C@H]2C[C@@H]1CN2C[C@H](N)C(=O)N1CCC[C@H]1C#N. The second-order valence-electron chi connectivity index (χ2n) is 9.07. The van der Waals surface area contributed by atoms with Crippen LogP contribution < -0.4 is 5.73 Å². The van der Waals surface area contributed by atoms with Crippen LogP contribution in [-0.4, -0.2) is 90.9 Å². The van der Waals surface area contributed by atoms with E-state index in [9.17, 15) is 14.9 Å². The lowest BCUT2D eigenvalue weighted by molar-refractivity contribution is -0.140. The summed E-state index contributed by atoms with van der Waals surface area (Å²) < 4.78 is 0. The number of carbonyl (C=O) groups excluding carboxylic acids is 2. The second-order valence-corrected chi connectivity index (χ2v) is 9.07. The molecule has 1 aromatic carbocycles. The highest BCUT2D eigenvalue weighted by Gasteiger charge is 2.51. The third kappa shape index (κ3) is 3.75. The van der Waals surface area contributed by atoms with E-state index in [-0.39, 0.29) is 36.0 Å². The third-order valence-corrected chi connectivity index (χ3v) is 7.14. The van der Waals surface area contributed by atoms with Crippen LogP contribution in [0, 0.1) is 11.3 Å². The van der Waals surface area contributed by atoms with Crippen molar-refractivity contribution in [2.45, 2.75) is 56.4 Å². The van der Waals surface area contributed by atoms with Crippen molar-refractivity contribution >= 4 is 11.8 Å². The summed E-state index contributed by atoms with van der Waals surface area (Å²) in [5.74, 6) is 0.386. The number of H-pyrrole nitrogens is 1. The van der Waals surface area contributed by atoms with E-state index in [0.29, 0.717) is 31.9 Å². The van der Waals surface area contributed by atoms with E-state index >= 15 is 0 Å². The van der Waals surface area contributed by atoms with Gasteiger partial charge in [-0.15, -0.1) is 10.2 Å². The number of benzene rings is 1. The van der Waals surface area contributed by atoms with Crippen molar-refractivity contribution in [3.05, 3.63) is 29.8 Å². The van der Waals surface area contributed by atoms with Crippen LogP contribution in [-0.2, 0) is 9.59 Å². The molecule has 2 aromatic rings. The van der Waals surface area contributed by atoms with Gasteiger partial charge in [-0.25, -0.2) is 0 Å². The molecular formula is C22H27N9O2. The number of fused-ring (bicyclic) bond motifs is 2. The molecule has 5 rings (SSSR count). The molecule has 172 valence electrons. The molecule has 2 bridgehead atoms. The minimum absolute atomic E-state index is 0.0689. The number of nitrogens with zero attached hydrogens (tertiary/aromatic N) is 7. The van der Waals surface area contributed by atoms with Gasteiger partial charge in [0.15, 0.2) is 0 Å². The summed E-state index contributed by atoms with van der Waals surface area (Å²) in [6.07, 6.45) is 2.26. The normalized spacial score (nSPS) is 26.6. The number of tetrazole rings is 1. The molecule has 0 radical (unpaired) electrons. The van der Waals surface area contributed by atoms with Crippen molar-refractivity contribution in [1.82, 2.24) is 35.3 Å². The Balaban J connectivity index is 1.24. The molecule has 0 unspecified atom stereocenters. The number of hydrogen-bond acceptors (Lipinski definition) is 8. The summed E-state index contributed by atoms with van der Waals surface area (Å²) in [5.41, 5.74) is 8.08. The zero-order chi connectivity index (χ0) is 23.1. The number of aromatic nitrogens is 4. The van der Waals surface area contributed by atoms with E-state index in [1.807, 2.05) is 41.0 Å². The number of hydrogen-bond donors (Lipinski definition) is 2. The van der Waals surface area contributed by atoms with Crippen molar-refractivity contribution in [2.75, 3.05) is 19.6 Å². The van der Waals surface area contributed by atoms with E-state index < -0.39 is 6.04 Å². The fraction of sp³-hybridized carbons (Fsp3) is 0.545. The lowest BCUT2D eigenvalue weighted by Gasteiger charge is -2.38. The Morgan fingerprint density at radius 1 is 1.42 bits per heavy atom. The van der Waals surface area contributed by atoms with E-state index in [1.165, 1.54) is 0 Å². The van der Waals surface area contributed by atoms with E-state index in [2.05, 4.69) is 26.7 Å². The number of carbonyl (C=O) groups is 2. The van der Waals surface area contributed by atoms with Gasteiger partial charge in [0.05, 0.1) is 24.2 Å². The Hall–Kier alpha value is -3.36. The average Bonchev–Trinajstić information content (AvgIpc) is 3.62. The fourth-order valence-corrected chi connectivity index (χ4v) is 5.49. The van der Waals surface area contributed by atoms with E-state index in [0.717, 1.165) is 24.0 Å². The summed E-state index contributed by atoms with van der Waals surface area (Å²) in [6.45, 7) is 3.62. The van der Waals surface area contributed by atoms with Crippen LogP contribution in [0.15, 0.2) is 24.3 Å². The lowest BCUT2D eigenvalue weighted by atomic mass is 10.0. The van der Waals surface area contributed by atoms with Gasteiger partial charge < -0.3 is 15.5 Å². The first-order valence-electron chi connectivity index (χ1n) is 11.3. The molecular weight excluding hydrogens is 422 g/mol. The van der Waals surface area contributed by atoms with Crippen LogP contribution in [0.4, 0.5) is 0 Å². The summed E-state index contributed by atoms with van der Waals surface area (Å²) in [5, 5.41) is 23.4. The van der Waals surface area contributed by atoms with Gasteiger partial charge >= 0.3 is 0 Å². The van der Waals surface area contributed by atoms with E-state index in [4.69, 9.17) is 5.73 Å². The monoisotopic (exact) mass is 449 g/mol. The summed E-state index contributed by atoms with van der Waals surface area (Å²) in [4.78, 5) is 31.6. The number of nitriles is 1. The minimum Gasteiger partial charge on any atom is -0.330 e. The van der Waals surface area contributed by atoms with Crippen LogP contribution in [0.1, 0.15) is 37.8 Å². The van der Waals surface area contributed by atoms with Crippen molar-refractivity contribution in [1.29, 1.82) is 5.26 Å². The average molecular weight is 450 g/mol. The molecule has 11 nitrogen and oxygen atoms in total. The molecule has 3 aliphatic heterocycles. The van der Waals surface area contributed by atoms with Crippen LogP contribution in [0.5, 0.6) is 0 Å². The predicted molar refractivity (Wildman–Crippen MR) is 117 cm³/mol. The van der Waals surface area contributed by atoms with Gasteiger partial charge in [0.25, 0.3) is 0 Å². The molecule has 4 heterocycles. The van der Waals surface area contributed by atoms with Crippen molar-refractivity contribution in [2.24, 2.45) is 5.73 Å². The van der Waals surface area contributed by atoms with Gasteiger partial charge in [-0.05, 0) is 43.0 Å². The maximum atomic E-state index is 13.3. The topological polar surface area (TPSA) is 148 Å². The molecule has 33 heavy (non-hydrogen) atoms. The molecule has 3 fully saturated rings. The van der Waals surface area contributed by atoms with Crippen molar-refractivity contribution < 1.29 is 9.59 Å². The first-order valence-corrected chi connectivity index (χ1v) is 11.3. The number of rotatable bonds is 6. The fourth-order valence-electron chi connectivity index (χ4n) is 5.49. The molecule has 3 saturated heterocycles. The Morgan fingerprint density at radius 3 is 3.00 bits per heavy atom. The Kier molecular flexibility index (Phi) is 5.55. The second kappa shape index (κ2) is 8.53. The highest BCUT2D eigenvalue weighted by atomic mass is 16.2. The minimum atomic E-state index is -0.733. The molecule has 3 aliphatic rings. The largest absolute Gasteiger partial charge is 0.330 e. The molecule has 11 heteroatoms. The number of nitrogens with one attached hydrogen (secondary N) is 1. The standard InChI is InChI=1S/C22H27N9O2/c1-13(14-4-2-5-15(8-14)20-25-27-28-26-20)31-17-9-19(22(31)33)29(11-17)12-18(24)21(32)30-7-3-6-16(30)10-23/h2,4-5,8,13,16-19H,3,6-7,9,11-12,24H2,1H3,(H,25,26,27,28)/t13-,16-,17+,18-,19+/m0/s1. The smallest absolute Gasteiger partial charge is 0.241 e. The number of aromatic amines is 1. The maximum Gasteiger partial charge on any atom is 0.241 e. The van der Waals surface area contributed by atoms with Crippen LogP contribution in [0.3, 0.4) is 0 Å². The van der Waals surface area contributed by atoms with Gasteiger partial charge in [-0.2, -0.15) is 10.5 Å². The highest BCUT2D eigenvalue weighted by molar-refractivity contribution is 5.87. The maximum absolute atomic E-state index is 13.3. The van der Waals surface area contributed by atoms with Gasteiger partial charge in [-0.1, -0.05) is 18.2 Å². The zero-order valence-corrected chi connectivity index (χ0v) is 18.5. The Labute approximate surface area is 191 Å². The summed E-state index contributed by atoms with van der Waals surface area (Å²) >= 11 is 0. The summed E-state index contributed by atoms with van der Waals surface area (Å²) in [6, 6.07) is 8.61. The molecule has 0 spiro atoms. The molecule has 0 aliphatic carbocycles. The Morgan fingerprint density at radius 2 is 2.27 bits per heavy atom. The molecule has 0 saturated carbocycles. The zero-order valence-electron chi connectivity index (χ0n) is 18.5. The van der Waals surface area contributed by atoms with Crippen LogP contribution >= 0.6 is 0 Å². The van der Waals surface area contributed by atoms with E-state index in [1.54, 1.807) is 4.90 Å². The predicted octanol–water partition coefficient (Wildman–Crippen LogP) is 0.0547. The third-order valence-electron chi connectivity index (χ3n) is 7.14. The number of amides is 2. The molecule has 3 N–H and O–H groups in total. The number of likely N-dealkylation sites (tertiary alicyclic amines) is 3. The Bertz CT molecular complexity index is 1080. The van der Waals surface area contributed by atoms with Gasteiger partial charge in [-0.3, -0.25) is 14.5 Å². The summed E-state index contributed by atoms with van der Waals surface area (Å²) in [7, 11) is 0. The van der Waals surface area contributed by atoms with Crippen molar-refractivity contribution in [3.8, 4) is 17.5 Å². The van der Waals surface area contributed by atoms with Gasteiger partial charge in [0, 0.05) is 31.2 Å². The molecule has 2 amide bonds. The van der Waals surface area contributed by atoms with Crippen molar-refractivity contribution in [3.63, 3.8) is 0 Å². The number of nitrogens with two attached hydrogens (primary N) is 1. The highest BCUT2D eigenvalue weighted by Crippen LogP contribution is 2.38. The van der Waals surface area contributed by atoms with Crippen LogP contribution in [0.25, 0.3) is 11.4 Å². The van der Waals surface area contributed by atoms with Gasteiger partial charge in [0.2, 0.25) is 17.6 Å². The molecule has 1 aromatic heterocycles. The molecule has 5 atom stereocenters. The van der Waals surface area contributed by atoms with Gasteiger partial charge in [0.1, 0.15) is 6.04 Å². The first-order chi connectivity index (χ1) is 16.0.